The number of nitrogens with zero attached hydrogens (tertiary/aromatic N) is 2. The van der Waals surface area contributed by atoms with E-state index in [1.54, 1.807) is 16.9 Å². The highest BCUT2D eigenvalue weighted by molar-refractivity contribution is 6.31. The first-order valence-electron chi connectivity index (χ1n) is 6.22. The van der Waals surface area contributed by atoms with Gasteiger partial charge in [0.25, 0.3) is 0 Å². The minimum atomic E-state index is -0.0820. The van der Waals surface area contributed by atoms with Crippen molar-refractivity contribution in [3.05, 3.63) is 45.7 Å². The maximum absolute atomic E-state index is 11.9. The van der Waals surface area contributed by atoms with Gasteiger partial charge in [-0.15, -0.1) is 0 Å². The summed E-state index contributed by atoms with van der Waals surface area (Å²) >= 11 is 11.9. The summed E-state index contributed by atoms with van der Waals surface area (Å²) in [7, 11) is 0. The highest BCUT2D eigenvalue weighted by Gasteiger charge is 2.09. The van der Waals surface area contributed by atoms with Gasteiger partial charge in [0.15, 0.2) is 0 Å². The van der Waals surface area contributed by atoms with E-state index in [2.05, 4.69) is 10.4 Å². The summed E-state index contributed by atoms with van der Waals surface area (Å²) in [5.41, 5.74) is 2.46. The minimum Gasteiger partial charge on any atom is -0.326 e. The summed E-state index contributed by atoms with van der Waals surface area (Å²) in [5.74, 6) is -0.0820. The van der Waals surface area contributed by atoms with Crippen LogP contribution in [0.3, 0.4) is 0 Å². The third-order valence-electron chi connectivity index (χ3n) is 3.14. The zero-order chi connectivity index (χ0) is 14.7. The standard InChI is InChI=1S/C14H15Cl2N3O/c1-9-11(15)4-3-5-13(9)18-14(20)6-7-19-10(2)12(16)8-17-19/h3-5,8H,6-7H2,1-2H3,(H,18,20). The highest BCUT2D eigenvalue weighted by Crippen LogP contribution is 2.23. The van der Waals surface area contributed by atoms with E-state index in [1.807, 2.05) is 26.0 Å². The van der Waals surface area contributed by atoms with Gasteiger partial charge in [-0.1, -0.05) is 29.3 Å². The lowest BCUT2D eigenvalue weighted by Crippen LogP contribution is -2.16. The largest absolute Gasteiger partial charge is 0.326 e. The Hall–Kier alpha value is -1.52. The molecule has 20 heavy (non-hydrogen) atoms. The molecule has 2 aromatic rings. The number of aromatic nitrogens is 2. The molecule has 1 N–H and O–H groups in total. The fraction of sp³-hybridized carbons (Fsp3) is 0.286. The van der Waals surface area contributed by atoms with Crippen molar-refractivity contribution in [2.75, 3.05) is 5.32 Å². The minimum absolute atomic E-state index is 0.0820. The second-order valence-corrected chi connectivity index (χ2v) is 5.33. The smallest absolute Gasteiger partial charge is 0.226 e. The maximum Gasteiger partial charge on any atom is 0.226 e. The van der Waals surface area contributed by atoms with Gasteiger partial charge in [0, 0.05) is 17.1 Å². The first kappa shape index (κ1) is 14.9. The van der Waals surface area contributed by atoms with Gasteiger partial charge in [-0.25, -0.2) is 0 Å². The normalized spacial score (nSPS) is 10.6. The molecule has 0 atom stereocenters. The van der Waals surface area contributed by atoms with Crippen LogP contribution in [0, 0.1) is 13.8 Å². The third-order valence-corrected chi connectivity index (χ3v) is 3.92. The number of halogens is 2. The maximum atomic E-state index is 11.9. The van der Waals surface area contributed by atoms with E-state index >= 15 is 0 Å². The van der Waals surface area contributed by atoms with Gasteiger partial charge < -0.3 is 5.32 Å². The Balaban J connectivity index is 1.96. The molecule has 2 rings (SSSR count). The number of hydrogen-bond donors (Lipinski definition) is 1. The molecule has 0 aliphatic carbocycles. The molecule has 0 radical (unpaired) electrons. The Morgan fingerprint density at radius 1 is 1.30 bits per heavy atom. The van der Waals surface area contributed by atoms with Crippen LogP contribution < -0.4 is 5.32 Å². The van der Waals surface area contributed by atoms with Gasteiger partial charge in [0.05, 0.1) is 23.5 Å². The molecule has 1 aromatic carbocycles. The van der Waals surface area contributed by atoms with Gasteiger partial charge in [-0.3, -0.25) is 9.48 Å². The molecule has 0 spiro atoms. The lowest BCUT2D eigenvalue weighted by atomic mass is 10.2. The first-order chi connectivity index (χ1) is 9.49. The van der Waals surface area contributed by atoms with Gasteiger partial charge in [-0.2, -0.15) is 5.10 Å². The summed E-state index contributed by atoms with van der Waals surface area (Å²) in [5, 5.41) is 8.20. The number of nitrogens with one attached hydrogen (secondary N) is 1. The monoisotopic (exact) mass is 311 g/mol. The van der Waals surface area contributed by atoms with E-state index in [9.17, 15) is 4.79 Å². The molecule has 4 nitrogen and oxygen atoms in total. The van der Waals surface area contributed by atoms with Crippen LogP contribution in [0.2, 0.25) is 10.0 Å². The Labute approximate surface area is 127 Å². The van der Waals surface area contributed by atoms with Crippen molar-refractivity contribution >= 4 is 34.8 Å². The Kier molecular flexibility index (Phi) is 4.68. The molecule has 1 heterocycles. The van der Waals surface area contributed by atoms with Crippen molar-refractivity contribution in [3.63, 3.8) is 0 Å². The lowest BCUT2D eigenvalue weighted by molar-refractivity contribution is -0.116. The topological polar surface area (TPSA) is 46.9 Å². The zero-order valence-corrected chi connectivity index (χ0v) is 12.8. The van der Waals surface area contributed by atoms with Crippen molar-refractivity contribution in [2.24, 2.45) is 0 Å². The van der Waals surface area contributed by atoms with Gasteiger partial charge in [0.1, 0.15) is 0 Å². The summed E-state index contributed by atoms with van der Waals surface area (Å²) in [4.78, 5) is 11.9. The molecular weight excluding hydrogens is 297 g/mol. The van der Waals surface area contributed by atoms with Crippen LogP contribution in [0.4, 0.5) is 5.69 Å². The summed E-state index contributed by atoms with van der Waals surface area (Å²) in [6.07, 6.45) is 1.90. The Bertz CT molecular complexity index is 637. The molecule has 1 aromatic heterocycles. The van der Waals surface area contributed by atoms with E-state index in [1.165, 1.54) is 0 Å². The molecule has 0 saturated carbocycles. The number of aryl methyl sites for hydroxylation is 1. The van der Waals surface area contributed by atoms with Crippen LogP contribution in [0.25, 0.3) is 0 Å². The predicted octanol–water partition coefficient (Wildman–Crippen LogP) is 3.84. The van der Waals surface area contributed by atoms with Crippen LogP contribution >= 0.6 is 23.2 Å². The highest BCUT2D eigenvalue weighted by atomic mass is 35.5. The lowest BCUT2D eigenvalue weighted by Gasteiger charge is -2.10. The van der Waals surface area contributed by atoms with Crippen LogP contribution in [0.5, 0.6) is 0 Å². The second kappa shape index (κ2) is 6.29. The number of benzene rings is 1. The second-order valence-electron chi connectivity index (χ2n) is 4.51. The zero-order valence-electron chi connectivity index (χ0n) is 11.3. The Morgan fingerprint density at radius 2 is 2.05 bits per heavy atom. The molecule has 0 aliphatic rings. The van der Waals surface area contributed by atoms with Crippen LogP contribution in [-0.4, -0.2) is 15.7 Å². The average molecular weight is 312 g/mol. The van der Waals surface area contributed by atoms with Crippen molar-refractivity contribution in [1.82, 2.24) is 9.78 Å². The fourth-order valence-electron chi connectivity index (χ4n) is 1.81. The van der Waals surface area contributed by atoms with E-state index in [0.29, 0.717) is 23.0 Å². The van der Waals surface area contributed by atoms with Gasteiger partial charge in [-0.05, 0) is 31.5 Å². The number of anilines is 1. The molecule has 106 valence electrons. The van der Waals surface area contributed by atoms with E-state index in [0.717, 1.165) is 16.9 Å². The number of carbonyl (C=O) groups is 1. The van der Waals surface area contributed by atoms with Crippen molar-refractivity contribution < 1.29 is 4.79 Å². The Morgan fingerprint density at radius 3 is 2.70 bits per heavy atom. The SMILES string of the molecule is Cc1c(Cl)cccc1NC(=O)CCn1ncc(Cl)c1C. The molecule has 6 heteroatoms. The quantitative estimate of drug-likeness (QED) is 0.932. The summed E-state index contributed by atoms with van der Waals surface area (Å²) < 4.78 is 1.72. The van der Waals surface area contributed by atoms with Crippen LogP contribution in [0.1, 0.15) is 17.7 Å². The molecule has 0 saturated heterocycles. The van der Waals surface area contributed by atoms with Crippen LogP contribution in [-0.2, 0) is 11.3 Å². The molecule has 0 fully saturated rings. The van der Waals surface area contributed by atoms with Crippen molar-refractivity contribution in [3.8, 4) is 0 Å². The summed E-state index contributed by atoms with van der Waals surface area (Å²) in [6, 6.07) is 5.43. The predicted molar refractivity (Wildman–Crippen MR) is 81.4 cm³/mol. The summed E-state index contributed by atoms with van der Waals surface area (Å²) in [6.45, 7) is 4.23. The molecule has 1 amide bonds. The molecule has 0 unspecified atom stereocenters. The van der Waals surface area contributed by atoms with Gasteiger partial charge >= 0.3 is 0 Å². The van der Waals surface area contributed by atoms with Crippen molar-refractivity contribution in [1.29, 1.82) is 0 Å². The number of hydrogen-bond acceptors (Lipinski definition) is 2. The number of rotatable bonds is 4. The van der Waals surface area contributed by atoms with Crippen LogP contribution in [0.15, 0.2) is 24.4 Å². The molecule has 0 bridgehead atoms. The average Bonchev–Trinajstić information content (AvgIpc) is 2.73. The van der Waals surface area contributed by atoms with E-state index in [-0.39, 0.29) is 5.91 Å². The van der Waals surface area contributed by atoms with Crippen molar-refractivity contribution in [2.45, 2.75) is 26.8 Å². The molecular formula is C14H15Cl2N3O. The fourth-order valence-corrected chi connectivity index (χ4v) is 2.13. The third kappa shape index (κ3) is 3.32. The molecule has 0 aliphatic heterocycles. The number of carbonyl (C=O) groups excluding carboxylic acids is 1. The van der Waals surface area contributed by atoms with E-state index in [4.69, 9.17) is 23.2 Å². The first-order valence-corrected chi connectivity index (χ1v) is 6.97. The van der Waals surface area contributed by atoms with Gasteiger partial charge in [0.2, 0.25) is 5.91 Å². The van der Waals surface area contributed by atoms with E-state index < -0.39 is 0 Å². The number of amides is 1.